The zero-order valence-corrected chi connectivity index (χ0v) is 12.1. The van der Waals surface area contributed by atoms with E-state index >= 15 is 0 Å². The third kappa shape index (κ3) is 3.57. The number of nitrogens with one attached hydrogen (secondary N) is 1. The Morgan fingerprint density at radius 3 is 2.71 bits per heavy atom. The molecule has 1 aromatic heterocycles. The predicted molar refractivity (Wildman–Crippen MR) is 80.0 cm³/mol. The Labute approximate surface area is 123 Å². The second-order valence-corrected chi connectivity index (χ2v) is 4.92. The van der Waals surface area contributed by atoms with E-state index in [-0.39, 0.29) is 17.8 Å². The summed E-state index contributed by atoms with van der Waals surface area (Å²) in [5, 5.41) is 23.4. The van der Waals surface area contributed by atoms with E-state index in [1.807, 2.05) is 48.9 Å². The molecule has 0 radical (unpaired) electrons. The van der Waals surface area contributed by atoms with Crippen molar-refractivity contribution in [2.24, 2.45) is 17.9 Å². The van der Waals surface area contributed by atoms with Crippen LogP contribution < -0.4 is 11.1 Å². The smallest absolute Gasteiger partial charge is 0.149 e. The van der Waals surface area contributed by atoms with Crippen molar-refractivity contribution in [3.63, 3.8) is 0 Å². The summed E-state index contributed by atoms with van der Waals surface area (Å²) >= 11 is 0. The number of hydrogen-bond donors (Lipinski definition) is 3. The van der Waals surface area contributed by atoms with Crippen LogP contribution in [0.25, 0.3) is 0 Å². The maximum atomic E-state index is 8.97. The summed E-state index contributed by atoms with van der Waals surface area (Å²) in [4.78, 5) is 0. The van der Waals surface area contributed by atoms with Gasteiger partial charge in [0.15, 0.2) is 0 Å². The van der Waals surface area contributed by atoms with Gasteiger partial charge in [-0.25, -0.2) is 0 Å². The molecule has 21 heavy (non-hydrogen) atoms. The number of rotatable bonds is 6. The van der Waals surface area contributed by atoms with Crippen molar-refractivity contribution in [2.45, 2.75) is 18.9 Å². The van der Waals surface area contributed by atoms with Gasteiger partial charge in [0.25, 0.3) is 0 Å². The SMILES string of the molecule is CC(NCC(C(N)=NO)c1ccccc1)c1nncn1C. The van der Waals surface area contributed by atoms with Crippen LogP contribution in [0.15, 0.2) is 41.8 Å². The maximum Gasteiger partial charge on any atom is 0.149 e. The molecule has 7 heteroatoms. The molecule has 0 bridgehead atoms. The molecular weight excluding hydrogens is 268 g/mol. The fourth-order valence-electron chi connectivity index (χ4n) is 2.22. The fraction of sp³-hybridized carbons (Fsp3) is 0.357. The molecule has 0 aliphatic heterocycles. The van der Waals surface area contributed by atoms with Crippen LogP contribution in [0.2, 0.25) is 0 Å². The lowest BCUT2D eigenvalue weighted by molar-refractivity contribution is 0.315. The molecule has 2 atom stereocenters. The van der Waals surface area contributed by atoms with E-state index < -0.39 is 0 Å². The third-order valence-corrected chi connectivity index (χ3v) is 3.44. The highest BCUT2D eigenvalue weighted by molar-refractivity contribution is 5.87. The Morgan fingerprint density at radius 1 is 1.43 bits per heavy atom. The first-order valence-corrected chi connectivity index (χ1v) is 6.73. The third-order valence-electron chi connectivity index (χ3n) is 3.44. The standard InChI is InChI=1S/C14H20N6O/c1-10(14-18-17-9-20(14)2)16-8-12(13(15)19-21)11-6-4-3-5-7-11/h3-7,9-10,12,16,21H,8H2,1-2H3,(H2,15,19). The topological polar surface area (TPSA) is 101 Å². The van der Waals surface area contributed by atoms with Crippen LogP contribution in [0.3, 0.4) is 0 Å². The van der Waals surface area contributed by atoms with Crippen molar-refractivity contribution in [3.05, 3.63) is 48.0 Å². The van der Waals surface area contributed by atoms with Gasteiger partial charge in [-0.2, -0.15) is 0 Å². The minimum Gasteiger partial charge on any atom is -0.409 e. The van der Waals surface area contributed by atoms with Gasteiger partial charge in [-0.15, -0.1) is 10.2 Å². The Hall–Kier alpha value is -2.41. The zero-order chi connectivity index (χ0) is 15.2. The van der Waals surface area contributed by atoms with Crippen LogP contribution in [-0.4, -0.2) is 32.4 Å². The second kappa shape index (κ2) is 6.85. The minimum atomic E-state index is -0.202. The molecular formula is C14H20N6O. The van der Waals surface area contributed by atoms with Crippen molar-refractivity contribution in [2.75, 3.05) is 6.54 Å². The van der Waals surface area contributed by atoms with Gasteiger partial charge in [-0.05, 0) is 12.5 Å². The molecule has 112 valence electrons. The molecule has 0 saturated carbocycles. The molecule has 1 heterocycles. The molecule has 0 fully saturated rings. The number of aryl methyl sites for hydroxylation is 1. The summed E-state index contributed by atoms with van der Waals surface area (Å²) < 4.78 is 1.86. The Morgan fingerprint density at radius 2 is 2.14 bits per heavy atom. The predicted octanol–water partition coefficient (Wildman–Crippen LogP) is 0.996. The van der Waals surface area contributed by atoms with Gasteiger partial charge in [0.05, 0.1) is 12.0 Å². The average molecular weight is 288 g/mol. The van der Waals surface area contributed by atoms with Gasteiger partial charge >= 0.3 is 0 Å². The Kier molecular flexibility index (Phi) is 4.89. The van der Waals surface area contributed by atoms with Gasteiger partial charge in [0.2, 0.25) is 0 Å². The van der Waals surface area contributed by atoms with Gasteiger partial charge in [-0.1, -0.05) is 35.5 Å². The highest BCUT2D eigenvalue weighted by atomic mass is 16.4. The van der Waals surface area contributed by atoms with E-state index in [0.29, 0.717) is 6.54 Å². The Balaban J connectivity index is 2.08. The highest BCUT2D eigenvalue weighted by Gasteiger charge is 2.19. The molecule has 0 spiro atoms. The first-order chi connectivity index (χ1) is 10.1. The first-order valence-electron chi connectivity index (χ1n) is 6.73. The number of nitrogens with zero attached hydrogens (tertiary/aromatic N) is 4. The molecule has 0 aliphatic rings. The molecule has 0 amide bonds. The number of aromatic nitrogens is 3. The molecule has 2 unspecified atom stereocenters. The lowest BCUT2D eigenvalue weighted by Crippen LogP contribution is -2.33. The van der Waals surface area contributed by atoms with Gasteiger partial charge in [0, 0.05) is 13.6 Å². The van der Waals surface area contributed by atoms with Crippen molar-refractivity contribution < 1.29 is 5.21 Å². The van der Waals surface area contributed by atoms with Crippen molar-refractivity contribution in [1.82, 2.24) is 20.1 Å². The quantitative estimate of drug-likeness (QED) is 0.318. The highest BCUT2D eigenvalue weighted by Crippen LogP contribution is 2.17. The summed E-state index contributed by atoms with van der Waals surface area (Å²) in [6, 6.07) is 9.71. The van der Waals surface area contributed by atoms with Gasteiger partial charge in [0.1, 0.15) is 18.0 Å². The largest absolute Gasteiger partial charge is 0.409 e. The molecule has 4 N–H and O–H groups in total. The molecule has 2 rings (SSSR count). The minimum absolute atomic E-state index is 0.00945. The normalized spacial score (nSPS) is 14.9. The second-order valence-electron chi connectivity index (χ2n) is 4.92. The van der Waals surface area contributed by atoms with E-state index in [1.54, 1.807) is 6.33 Å². The van der Waals surface area contributed by atoms with Crippen LogP contribution in [0.5, 0.6) is 0 Å². The van der Waals surface area contributed by atoms with E-state index in [9.17, 15) is 0 Å². The first kappa shape index (κ1) is 15.0. The molecule has 7 nitrogen and oxygen atoms in total. The van der Waals surface area contributed by atoms with Crippen LogP contribution in [-0.2, 0) is 7.05 Å². The molecule has 2 aromatic rings. The molecule has 0 saturated heterocycles. The van der Waals surface area contributed by atoms with Crippen LogP contribution in [0, 0.1) is 0 Å². The number of amidine groups is 1. The number of hydrogen-bond acceptors (Lipinski definition) is 5. The monoisotopic (exact) mass is 288 g/mol. The zero-order valence-electron chi connectivity index (χ0n) is 12.1. The summed E-state index contributed by atoms with van der Waals surface area (Å²) in [5.74, 6) is 0.812. The van der Waals surface area contributed by atoms with Crippen molar-refractivity contribution in [1.29, 1.82) is 0 Å². The van der Waals surface area contributed by atoms with Crippen LogP contribution in [0.1, 0.15) is 30.3 Å². The van der Waals surface area contributed by atoms with Gasteiger partial charge < -0.3 is 20.8 Å². The number of benzene rings is 1. The molecule has 0 aliphatic carbocycles. The Bertz CT molecular complexity index is 595. The fourth-order valence-corrected chi connectivity index (χ4v) is 2.22. The van der Waals surface area contributed by atoms with Gasteiger partial charge in [-0.3, -0.25) is 0 Å². The van der Waals surface area contributed by atoms with E-state index in [0.717, 1.165) is 11.4 Å². The maximum absolute atomic E-state index is 8.97. The number of oxime groups is 1. The number of nitrogens with two attached hydrogens (primary N) is 1. The van der Waals surface area contributed by atoms with Crippen molar-refractivity contribution >= 4 is 5.84 Å². The van der Waals surface area contributed by atoms with E-state index in [2.05, 4.69) is 20.7 Å². The lowest BCUT2D eigenvalue weighted by atomic mass is 9.97. The van der Waals surface area contributed by atoms with Crippen molar-refractivity contribution in [3.8, 4) is 0 Å². The lowest BCUT2D eigenvalue weighted by Gasteiger charge is -2.19. The molecule has 1 aromatic carbocycles. The summed E-state index contributed by atoms with van der Waals surface area (Å²) in [5.41, 5.74) is 6.80. The van der Waals surface area contributed by atoms with Crippen LogP contribution >= 0.6 is 0 Å². The van der Waals surface area contributed by atoms with E-state index in [1.165, 1.54) is 0 Å². The summed E-state index contributed by atoms with van der Waals surface area (Å²) in [6.45, 7) is 2.53. The van der Waals surface area contributed by atoms with Crippen LogP contribution in [0.4, 0.5) is 0 Å². The summed E-state index contributed by atoms with van der Waals surface area (Å²) in [6.07, 6.45) is 1.66. The average Bonchev–Trinajstić information content (AvgIpc) is 2.94. The van der Waals surface area contributed by atoms with E-state index in [4.69, 9.17) is 10.9 Å². The summed E-state index contributed by atoms with van der Waals surface area (Å²) in [7, 11) is 1.89.